The number of H-pyrrole nitrogens is 1. The number of aryl methyl sites for hydroxylation is 1. The second-order valence-electron chi connectivity index (χ2n) is 15.0. The molecule has 55 heavy (non-hydrogen) atoms. The van der Waals surface area contributed by atoms with E-state index >= 15 is 0 Å². The van der Waals surface area contributed by atoms with E-state index in [-0.39, 0.29) is 29.2 Å². The molecule has 1 atom stereocenters. The molecule has 0 aliphatic carbocycles. The molecule has 3 amide bonds. The van der Waals surface area contributed by atoms with Crippen LogP contribution in [0.4, 0.5) is 16.6 Å². The quantitative estimate of drug-likeness (QED) is 0.187. The molecule has 3 aliphatic heterocycles. The number of piperidine rings is 2. The number of benzene rings is 2. The fourth-order valence-electron chi connectivity index (χ4n) is 8.19. The maximum atomic E-state index is 13.8. The summed E-state index contributed by atoms with van der Waals surface area (Å²) in [5, 5.41) is 28.8. The highest BCUT2D eigenvalue weighted by Crippen LogP contribution is 2.34. The maximum Gasteiger partial charge on any atom is 0.329 e. The summed E-state index contributed by atoms with van der Waals surface area (Å²) < 4.78 is 30.9. The Morgan fingerprint density at radius 3 is 2.58 bits per heavy atom. The lowest BCUT2D eigenvalue weighted by Crippen LogP contribution is -2.49. The summed E-state index contributed by atoms with van der Waals surface area (Å²) >= 11 is 0. The summed E-state index contributed by atoms with van der Waals surface area (Å²) in [6.45, 7) is 5.90. The van der Waals surface area contributed by atoms with Crippen molar-refractivity contribution in [3.63, 3.8) is 0 Å². The van der Waals surface area contributed by atoms with E-state index in [2.05, 4.69) is 65.9 Å². The minimum atomic E-state index is -3.74. The number of hydrogen-bond donors (Lipinski definition) is 3. The summed E-state index contributed by atoms with van der Waals surface area (Å²) in [5.74, 6) is 1.37. The lowest BCUT2D eigenvalue weighted by Gasteiger charge is -2.34. The molecule has 1 unspecified atom stereocenters. The second-order valence-corrected chi connectivity index (χ2v) is 16.9. The zero-order valence-electron chi connectivity index (χ0n) is 30.9. The SMILES string of the molecule is CC(Cc1cc(S(=O)(=O)N2CCC(Nc3ncc4cn[nH]c4n3)CC2)ccc1C#N)CN1CCC(c2ccc3c(N4CCC(=O)NC4=O)nn(C)c3c2)CC1. The molecule has 3 saturated heterocycles. The number of urea groups is 1. The summed E-state index contributed by atoms with van der Waals surface area (Å²) in [6.07, 6.45) is 7.43. The van der Waals surface area contributed by atoms with Crippen LogP contribution in [0.5, 0.6) is 0 Å². The van der Waals surface area contributed by atoms with Gasteiger partial charge >= 0.3 is 6.03 Å². The number of sulfonamides is 1. The molecule has 0 saturated carbocycles. The van der Waals surface area contributed by atoms with Crippen molar-refractivity contribution in [2.24, 2.45) is 13.0 Å². The number of nitriles is 1. The number of rotatable bonds is 10. The lowest BCUT2D eigenvalue weighted by atomic mass is 9.88. The number of aromatic nitrogens is 6. The van der Waals surface area contributed by atoms with Crippen LogP contribution in [-0.4, -0.2) is 105 Å². The van der Waals surface area contributed by atoms with Gasteiger partial charge < -0.3 is 10.2 Å². The van der Waals surface area contributed by atoms with Crippen LogP contribution in [0.3, 0.4) is 0 Å². The van der Waals surface area contributed by atoms with E-state index in [1.807, 2.05) is 13.1 Å². The van der Waals surface area contributed by atoms with Gasteiger partial charge in [-0.2, -0.15) is 24.7 Å². The molecule has 0 bridgehead atoms. The van der Waals surface area contributed by atoms with Crippen LogP contribution in [0.15, 0.2) is 53.7 Å². The molecule has 3 N–H and O–H groups in total. The van der Waals surface area contributed by atoms with Crippen molar-refractivity contribution in [1.29, 1.82) is 5.26 Å². The molecule has 286 valence electrons. The third kappa shape index (κ3) is 7.49. The molecular weight excluding hydrogens is 721 g/mol. The Hall–Kier alpha value is -5.44. The van der Waals surface area contributed by atoms with E-state index in [1.54, 1.807) is 35.3 Å². The number of fused-ring (bicyclic) bond motifs is 2. The lowest BCUT2D eigenvalue weighted by molar-refractivity contribution is -0.120. The Labute approximate surface area is 318 Å². The van der Waals surface area contributed by atoms with Gasteiger partial charge in [0, 0.05) is 57.3 Å². The topological polar surface area (TPSA) is 198 Å². The minimum Gasteiger partial charge on any atom is -0.351 e. The first-order valence-electron chi connectivity index (χ1n) is 18.8. The zero-order chi connectivity index (χ0) is 38.3. The first-order chi connectivity index (χ1) is 26.5. The maximum absolute atomic E-state index is 13.8. The summed E-state index contributed by atoms with van der Waals surface area (Å²) in [6, 6.07) is 13.1. The molecule has 6 heterocycles. The first-order valence-corrected chi connectivity index (χ1v) is 20.3. The molecular formula is C38H44N12O4S. The van der Waals surface area contributed by atoms with Gasteiger partial charge in [-0.1, -0.05) is 13.0 Å². The molecule has 2 aromatic carbocycles. The van der Waals surface area contributed by atoms with Gasteiger partial charge in [-0.3, -0.25) is 24.8 Å². The van der Waals surface area contributed by atoms with Crippen LogP contribution < -0.4 is 15.5 Å². The fourth-order valence-corrected chi connectivity index (χ4v) is 9.71. The molecule has 0 radical (unpaired) electrons. The number of imide groups is 1. The van der Waals surface area contributed by atoms with Crippen LogP contribution in [0.2, 0.25) is 0 Å². The van der Waals surface area contributed by atoms with Gasteiger partial charge in [0.05, 0.1) is 33.6 Å². The van der Waals surface area contributed by atoms with Crippen molar-refractivity contribution in [2.45, 2.75) is 62.3 Å². The highest BCUT2D eigenvalue weighted by Gasteiger charge is 2.32. The number of carbonyl (C=O) groups is 2. The van der Waals surface area contributed by atoms with E-state index in [0.29, 0.717) is 67.8 Å². The van der Waals surface area contributed by atoms with Crippen LogP contribution in [0.25, 0.3) is 21.9 Å². The van der Waals surface area contributed by atoms with Gasteiger partial charge in [0.25, 0.3) is 0 Å². The van der Waals surface area contributed by atoms with Gasteiger partial charge in [-0.05, 0) is 98.5 Å². The normalized spacial score (nSPS) is 18.8. The van der Waals surface area contributed by atoms with E-state index in [1.165, 1.54) is 14.8 Å². The largest absolute Gasteiger partial charge is 0.351 e. The summed E-state index contributed by atoms with van der Waals surface area (Å²) in [7, 11) is -1.87. The van der Waals surface area contributed by atoms with E-state index < -0.39 is 16.1 Å². The van der Waals surface area contributed by atoms with Crippen molar-refractivity contribution in [3.8, 4) is 6.07 Å². The van der Waals surface area contributed by atoms with Gasteiger partial charge in [0.1, 0.15) is 0 Å². The average Bonchev–Trinajstić information content (AvgIpc) is 3.78. The monoisotopic (exact) mass is 764 g/mol. The Bertz CT molecular complexity index is 2400. The van der Waals surface area contributed by atoms with Crippen molar-refractivity contribution >= 4 is 55.7 Å². The minimum absolute atomic E-state index is 0.0393. The summed E-state index contributed by atoms with van der Waals surface area (Å²) in [5.41, 5.74) is 4.09. The molecule has 17 heteroatoms. The predicted molar refractivity (Wildman–Crippen MR) is 206 cm³/mol. The third-order valence-electron chi connectivity index (χ3n) is 11.2. The van der Waals surface area contributed by atoms with Gasteiger partial charge in [0.15, 0.2) is 11.5 Å². The van der Waals surface area contributed by atoms with Crippen molar-refractivity contribution in [1.82, 2.24) is 44.5 Å². The highest BCUT2D eigenvalue weighted by molar-refractivity contribution is 7.89. The Balaban J connectivity index is 0.858. The van der Waals surface area contributed by atoms with Crippen LogP contribution >= 0.6 is 0 Å². The van der Waals surface area contributed by atoms with E-state index in [4.69, 9.17) is 0 Å². The average molecular weight is 765 g/mol. The molecule has 3 fully saturated rings. The van der Waals surface area contributed by atoms with Crippen LogP contribution in [0, 0.1) is 17.2 Å². The second kappa shape index (κ2) is 15.0. The number of anilines is 2. The summed E-state index contributed by atoms with van der Waals surface area (Å²) in [4.78, 5) is 37.2. The van der Waals surface area contributed by atoms with Crippen molar-refractivity contribution < 1.29 is 18.0 Å². The number of hydrogen-bond acceptors (Lipinski definition) is 11. The number of aromatic amines is 1. The van der Waals surface area contributed by atoms with E-state index in [0.717, 1.165) is 54.3 Å². The molecule has 3 aliphatic rings. The standard InChI is InChI=1S/C38H44N12O4S/c1-24(23-48-12-7-25(8-13-48)26-4-6-32-33(19-26)47(2)46-36(32)50-16-11-34(51)43-38(50)52)17-28-18-31(5-3-27(28)20-39)55(53,54)49-14-9-30(10-15-49)42-37-40-21-29-22-41-45-35(29)44-37/h3-6,18-19,21-22,24-25,30H,7-17,23H2,1-2H3,(H,43,51,52)(H2,40,41,42,44,45). The number of nitrogens with one attached hydrogen (secondary N) is 3. The third-order valence-corrected chi connectivity index (χ3v) is 13.1. The number of likely N-dealkylation sites (tertiary alicyclic amines) is 1. The predicted octanol–water partition coefficient (Wildman–Crippen LogP) is 3.88. The van der Waals surface area contributed by atoms with Crippen LogP contribution in [0.1, 0.15) is 61.6 Å². The number of carbonyl (C=O) groups excluding carboxylic acids is 2. The molecule has 16 nitrogen and oxygen atoms in total. The van der Waals surface area contributed by atoms with Crippen LogP contribution in [-0.2, 0) is 28.3 Å². The highest BCUT2D eigenvalue weighted by atomic mass is 32.2. The van der Waals surface area contributed by atoms with Crippen molar-refractivity contribution in [3.05, 3.63) is 65.5 Å². The molecule has 0 spiro atoms. The first kappa shape index (κ1) is 36.5. The Morgan fingerprint density at radius 2 is 1.82 bits per heavy atom. The number of amides is 3. The van der Waals surface area contributed by atoms with Gasteiger partial charge in [0.2, 0.25) is 21.9 Å². The van der Waals surface area contributed by atoms with Gasteiger partial charge in [-0.15, -0.1) is 0 Å². The van der Waals surface area contributed by atoms with Gasteiger partial charge in [-0.25, -0.2) is 18.2 Å². The van der Waals surface area contributed by atoms with Crippen molar-refractivity contribution in [2.75, 3.05) is 49.5 Å². The molecule has 8 rings (SSSR count). The Morgan fingerprint density at radius 1 is 1.02 bits per heavy atom. The van der Waals surface area contributed by atoms with E-state index in [9.17, 15) is 23.3 Å². The molecule has 5 aromatic rings. The fraction of sp³-hybridized carbons (Fsp3) is 0.447. The smallest absolute Gasteiger partial charge is 0.329 e. The Kier molecular flexibility index (Phi) is 9.97. The molecule has 3 aromatic heterocycles. The zero-order valence-corrected chi connectivity index (χ0v) is 31.7. The number of nitrogens with zero attached hydrogens (tertiary/aromatic N) is 9.